The van der Waals surface area contributed by atoms with Gasteiger partial charge in [-0.15, -0.1) is 0 Å². The SMILES string of the molecule is CCc1ccc(C#N)cc1-n1c(=N)n(C)c2cnc3ccc(-c4ccc(Cl)cc4)cc3c21. The molecule has 6 heteroatoms. The van der Waals surface area contributed by atoms with E-state index in [0.29, 0.717) is 16.2 Å². The zero-order valence-electron chi connectivity index (χ0n) is 17.7. The number of benzene rings is 3. The summed E-state index contributed by atoms with van der Waals surface area (Å²) in [6, 6.07) is 21.8. The number of halogens is 1. The average molecular weight is 438 g/mol. The molecule has 0 atom stereocenters. The van der Waals surface area contributed by atoms with Gasteiger partial charge >= 0.3 is 0 Å². The summed E-state index contributed by atoms with van der Waals surface area (Å²) < 4.78 is 3.76. The molecule has 0 spiro atoms. The highest BCUT2D eigenvalue weighted by molar-refractivity contribution is 6.30. The average Bonchev–Trinajstić information content (AvgIpc) is 3.09. The predicted molar refractivity (Wildman–Crippen MR) is 128 cm³/mol. The quantitative estimate of drug-likeness (QED) is 0.390. The number of nitrogens with one attached hydrogen (secondary N) is 1. The van der Waals surface area contributed by atoms with Gasteiger partial charge in [0.2, 0.25) is 5.62 Å². The molecule has 2 heterocycles. The molecule has 0 amide bonds. The van der Waals surface area contributed by atoms with Crippen LogP contribution in [0.4, 0.5) is 0 Å². The minimum Gasteiger partial charge on any atom is -0.312 e. The van der Waals surface area contributed by atoms with Crippen LogP contribution in [0.1, 0.15) is 18.1 Å². The van der Waals surface area contributed by atoms with Crippen molar-refractivity contribution < 1.29 is 0 Å². The number of nitriles is 1. The molecule has 0 fully saturated rings. The molecule has 0 saturated carbocycles. The van der Waals surface area contributed by atoms with E-state index in [4.69, 9.17) is 17.0 Å². The fourth-order valence-corrected chi connectivity index (χ4v) is 4.34. The highest BCUT2D eigenvalue weighted by atomic mass is 35.5. The molecular weight excluding hydrogens is 418 g/mol. The highest BCUT2D eigenvalue weighted by Gasteiger charge is 2.17. The molecule has 2 aromatic heterocycles. The fraction of sp³-hybridized carbons (Fsp3) is 0.115. The molecule has 0 bridgehead atoms. The summed E-state index contributed by atoms with van der Waals surface area (Å²) in [4.78, 5) is 4.65. The summed E-state index contributed by atoms with van der Waals surface area (Å²) >= 11 is 6.07. The third kappa shape index (κ3) is 3.08. The Bertz CT molecular complexity index is 1600. The van der Waals surface area contributed by atoms with Crippen molar-refractivity contribution in [2.75, 3.05) is 0 Å². The topological polar surface area (TPSA) is 70.4 Å². The van der Waals surface area contributed by atoms with Crippen molar-refractivity contribution in [3.63, 3.8) is 0 Å². The van der Waals surface area contributed by atoms with E-state index in [1.165, 1.54) is 0 Å². The molecule has 5 rings (SSSR count). The maximum atomic E-state index is 9.48. The van der Waals surface area contributed by atoms with E-state index >= 15 is 0 Å². The Morgan fingerprint density at radius 1 is 1.03 bits per heavy atom. The number of rotatable bonds is 3. The molecule has 0 radical (unpaired) electrons. The van der Waals surface area contributed by atoms with E-state index < -0.39 is 0 Å². The molecule has 5 nitrogen and oxygen atoms in total. The first-order valence-electron chi connectivity index (χ1n) is 10.4. The van der Waals surface area contributed by atoms with Gasteiger partial charge in [-0.2, -0.15) is 5.26 Å². The van der Waals surface area contributed by atoms with Gasteiger partial charge in [0, 0.05) is 17.5 Å². The summed E-state index contributed by atoms with van der Waals surface area (Å²) in [6.45, 7) is 2.08. The van der Waals surface area contributed by atoms with Crippen LogP contribution in [0.15, 0.2) is 66.9 Å². The fourth-order valence-electron chi connectivity index (χ4n) is 4.22. The lowest BCUT2D eigenvalue weighted by atomic mass is 10.0. The van der Waals surface area contributed by atoms with Crippen LogP contribution in [0.25, 0.3) is 38.8 Å². The van der Waals surface area contributed by atoms with Crippen molar-refractivity contribution in [1.29, 1.82) is 10.7 Å². The van der Waals surface area contributed by atoms with Crippen molar-refractivity contribution in [2.24, 2.45) is 7.05 Å². The van der Waals surface area contributed by atoms with E-state index in [0.717, 1.165) is 50.7 Å². The van der Waals surface area contributed by atoms with E-state index in [1.807, 2.05) is 77.0 Å². The van der Waals surface area contributed by atoms with Crippen LogP contribution in [0.2, 0.25) is 5.02 Å². The summed E-state index contributed by atoms with van der Waals surface area (Å²) in [5, 5.41) is 20.0. The van der Waals surface area contributed by atoms with Crippen molar-refractivity contribution in [2.45, 2.75) is 13.3 Å². The van der Waals surface area contributed by atoms with Gasteiger partial charge in [0.1, 0.15) is 0 Å². The van der Waals surface area contributed by atoms with Crippen molar-refractivity contribution in [1.82, 2.24) is 14.1 Å². The smallest absolute Gasteiger partial charge is 0.207 e. The Morgan fingerprint density at radius 2 is 1.78 bits per heavy atom. The third-order valence-electron chi connectivity index (χ3n) is 5.95. The number of imidazole rings is 1. The van der Waals surface area contributed by atoms with Gasteiger partial charge < -0.3 is 4.57 Å². The van der Waals surface area contributed by atoms with E-state index in [1.54, 1.807) is 0 Å². The number of aromatic nitrogens is 3. The lowest BCUT2D eigenvalue weighted by Gasteiger charge is -2.12. The molecule has 0 aliphatic carbocycles. The maximum Gasteiger partial charge on any atom is 0.207 e. The number of fused-ring (bicyclic) bond motifs is 3. The first-order valence-corrected chi connectivity index (χ1v) is 10.7. The van der Waals surface area contributed by atoms with Gasteiger partial charge in [0.25, 0.3) is 0 Å². The van der Waals surface area contributed by atoms with Crippen molar-refractivity contribution in [3.05, 3.63) is 88.6 Å². The highest BCUT2D eigenvalue weighted by Crippen LogP contribution is 2.31. The van der Waals surface area contributed by atoms with Gasteiger partial charge in [0.15, 0.2) is 0 Å². The van der Waals surface area contributed by atoms with Crippen LogP contribution in [0.3, 0.4) is 0 Å². The standard InChI is InChI=1S/C26H20ClN5/c1-3-17-5-4-16(14-28)12-23(17)32-25-21-13-19(18-6-9-20(27)10-7-18)8-11-22(21)30-15-24(25)31(2)26(32)29/h4-13,15,29H,3H2,1-2H3. The summed E-state index contributed by atoms with van der Waals surface area (Å²) in [6.07, 6.45) is 2.61. The molecular formula is C26H20ClN5. The van der Waals surface area contributed by atoms with Gasteiger partial charge in [-0.05, 0) is 59.5 Å². The van der Waals surface area contributed by atoms with Crippen molar-refractivity contribution >= 4 is 33.5 Å². The van der Waals surface area contributed by atoms with Crippen LogP contribution in [-0.4, -0.2) is 14.1 Å². The second-order valence-corrected chi connectivity index (χ2v) is 8.19. The molecule has 1 N–H and O–H groups in total. The Hall–Kier alpha value is -3.88. The van der Waals surface area contributed by atoms with Crippen LogP contribution in [0, 0.1) is 16.7 Å². The molecule has 0 aliphatic heterocycles. The number of hydrogen-bond donors (Lipinski definition) is 1. The normalized spacial score (nSPS) is 11.2. The minimum absolute atomic E-state index is 0.330. The molecule has 156 valence electrons. The van der Waals surface area contributed by atoms with Crippen LogP contribution in [-0.2, 0) is 13.5 Å². The lowest BCUT2D eigenvalue weighted by Crippen LogP contribution is -2.22. The van der Waals surface area contributed by atoms with E-state index in [-0.39, 0.29) is 0 Å². The molecule has 32 heavy (non-hydrogen) atoms. The Kier molecular flexibility index (Phi) is 4.80. The zero-order chi connectivity index (χ0) is 22.4. The second kappa shape index (κ2) is 7.67. The molecule has 0 unspecified atom stereocenters. The number of nitrogens with zero attached hydrogens (tertiary/aromatic N) is 4. The Morgan fingerprint density at radius 3 is 2.50 bits per heavy atom. The van der Waals surface area contributed by atoms with Gasteiger partial charge in [0.05, 0.1) is 40.1 Å². The zero-order valence-corrected chi connectivity index (χ0v) is 18.5. The maximum absolute atomic E-state index is 9.48. The van der Waals surface area contributed by atoms with Gasteiger partial charge in [-0.25, -0.2) is 0 Å². The number of pyridine rings is 1. The Balaban J connectivity index is 1.89. The molecule has 0 saturated heterocycles. The number of aryl methyl sites for hydroxylation is 2. The van der Waals surface area contributed by atoms with Crippen molar-refractivity contribution in [3.8, 4) is 22.9 Å². The van der Waals surface area contributed by atoms with Gasteiger partial charge in [-0.3, -0.25) is 15.0 Å². The molecule has 3 aromatic carbocycles. The first kappa shape index (κ1) is 20.0. The largest absolute Gasteiger partial charge is 0.312 e. The van der Waals surface area contributed by atoms with E-state index in [9.17, 15) is 5.26 Å². The van der Waals surface area contributed by atoms with Crippen LogP contribution >= 0.6 is 11.6 Å². The number of hydrogen-bond acceptors (Lipinski definition) is 3. The summed E-state index contributed by atoms with van der Waals surface area (Å²) in [5.74, 6) is 0. The third-order valence-corrected chi connectivity index (χ3v) is 6.20. The first-order chi connectivity index (χ1) is 15.5. The summed E-state index contributed by atoms with van der Waals surface area (Å²) in [5.41, 5.74) is 7.56. The van der Waals surface area contributed by atoms with Gasteiger partial charge in [-0.1, -0.05) is 42.8 Å². The summed E-state index contributed by atoms with van der Waals surface area (Å²) in [7, 11) is 1.87. The van der Waals surface area contributed by atoms with Crippen LogP contribution < -0.4 is 5.62 Å². The second-order valence-electron chi connectivity index (χ2n) is 7.76. The molecule has 0 aliphatic rings. The predicted octanol–water partition coefficient (Wildman–Crippen LogP) is 5.75. The van der Waals surface area contributed by atoms with Crippen LogP contribution in [0.5, 0.6) is 0 Å². The lowest BCUT2D eigenvalue weighted by molar-refractivity contribution is 0.783. The monoisotopic (exact) mass is 437 g/mol. The minimum atomic E-state index is 0.330. The Labute approximate surface area is 190 Å². The molecule has 5 aromatic rings. The van der Waals surface area contributed by atoms with E-state index in [2.05, 4.69) is 24.0 Å².